The van der Waals surface area contributed by atoms with Crippen molar-refractivity contribution in [2.45, 2.75) is 25.5 Å². The van der Waals surface area contributed by atoms with Crippen molar-refractivity contribution >= 4 is 17.8 Å². The second-order valence-corrected chi connectivity index (χ2v) is 5.35. The van der Waals surface area contributed by atoms with Gasteiger partial charge in [0.25, 0.3) is 0 Å². The molecule has 0 radical (unpaired) electrons. The Kier molecular flexibility index (Phi) is 2.97. The number of rotatable bonds is 0. The van der Waals surface area contributed by atoms with Crippen molar-refractivity contribution in [1.82, 2.24) is 0 Å². The van der Waals surface area contributed by atoms with E-state index >= 15 is 0 Å². The van der Waals surface area contributed by atoms with Gasteiger partial charge in [-0.05, 0) is 30.0 Å². The van der Waals surface area contributed by atoms with E-state index in [-0.39, 0.29) is 0 Å². The lowest BCUT2D eigenvalue weighted by Gasteiger charge is -2.11. The molecule has 1 atom stereocenters. The molecule has 14 heavy (non-hydrogen) atoms. The molecule has 1 aromatic carbocycles. The molecule has 0 fully saturated rings. The van der Waals surface area contributed by atoms with Crippen molar-refractivity contribution in [3.05, 3.63) is 41.0 Å². The first-order chi connectivity index (χ1) is 6.77. The molecule has 0 nitrogen and oxygen atoms in total. The van der Waals surface area contributed by atoms with Crippen molar-refractivity contribution in [2.24, 2.45) is 0 Å². The maximum atomic E-state index is 2.32. The molecule has 0 amide bonds. The first kappa shape index (κ1) is 9.85. The maximum Gasteiger partial charge on any atom is 0.0119 e. The second-order valence-electron chi connectivity index (χ2n) is 3.88. The van der Waals surface area contributed by atoms with Crippen molar-refractivity contribution in [3.8, 4) is 0 Å². The number of benzene rings is 1. The lowest BCUT2D eigenvalue weighted by molar-refractivity contribution is 0.934. The summed E-state index contributed by atoms with van der Waals surface area (Å²) in [5.41, 5.74) is 4.35. The van der Waals surface area contributed by atoms with Gasteiger partial charge < -0.3 is 0 Å². The SMILES string of the molecule is Cc1c2cccc1CC(C)SCC=C2. The van der Waals surface area contributed by atoms with Crippen LogP contribution in [0.3, 0.4) is 0 Å². The zero-order valence-electron chi connectivity index (χ0n) is 8.79. The maximum absolute atomic E-state index is 2.32. The summed E-state index contributed by atoms with van der Waals surface area (Å²) in [7, 11) is 0. The van der Waals surface area contributed by atoms with E-state index in [1.807, 2.05) is 11.8 Å². The van der Waals surface area contributed by atoms with Crippen LogP contribution in [0.15, 0.2) is 24.3 Å². The molecule has 1 aliphatic rings. The van der Waals surface area contributed by atoms with Crippen LogP contribution in [0.4, 0.5) is 0 Å². The van der Waals surface area contributed by atoms with Crippen LogP contribution >= 0.6 is 11.8 Å². The lowest BCUT2D eigenvalue weighted by atomic mass is 9.99. The van der Waals surface area contributed by atoms with Gasteiger partial charge in [-0.2, -0.15) is 11.8 Å². The van der Waals surface area contributed by atoms with E-state index in [1.54, 1.807) is 0 Å². The standard InChI is InChI=1S/C13H16S/c1-10-9-13-6-3-5-12(11(13)2)7-4-8-14-10/h3-7,10H,8-9H2,1-2H3. The van der Waals surface area contributed by atoms with Gasteiger partial charge in [0.2, 0.25) is 0 Å². The molecule has 0 N–H and O–H groups in total. The van der Waals surface area contributed by atoms with Gasteiger partial charge >= 0.3 is 0 Å². The highest BCUT2D eigenvalue weighted by Crippen LogP contribution is 2.23. The molecule has 74 valence electrons. The third kappa shape index (κ3) is 2.03. The van der Waals surface area contributed by atoms with Gasteiger partial charge in [-0.15, -0.1) is 0 Å². The number of hydrogen-bond acceptors (Lipinski definition) is 1. The Labute approximate surface area is 90.4 Å². The quantitative estimate of drug-likeness (QED) is 0.621. The van der Waals surface area contributed by atoms with Gasteiger partial charge in [-0.25, -0.2) is 0 Å². The number of fused-ring (bicyclic) bond motifs is 2. The van der Waals surface area contributed by atoms with Crippen molar-refractivity contribution < 1.29 is 0 Å². The van der Waals surface area contributed by atoms with Gasteiger partial charge in [0.1, 0.15) is 0 Å². The van der Waals surface area contributed by atoms with Crippen LogP contribution in [-0.2, 0) is 6.42 Å². The average Bonchev–Trinajstić information content (AvgIpc) is 2.22. The highest BCUT2D eigenvalue weighted by Gasteiger charge is 2.08. The molecule has 0 aromatic heterocycles. The van der Waals surface area contributed by atoms with E-state index in [4.69, 9.17) is 0 Å². The van der Waals surface area contributed by atoms with Crippen LogP contribution < -0.4 is 0 Å². The Bertz CT molecular complexity index is 352. The minimum absolute atomic E-state index is 0.728. The van der Waals surface area contributed by atoms with Gasteiger partial charge in [0.15, 0.2) is 0 Å². The molecule has 1 heterocycles. The number of hydrogen-bond donors (Lipinski definition) is 0. The Morgan fingerprint density at radius 3 is 3.07 bits per heavy atom. The minimum Gasteiger partial charge on any atom is -0.154 e. The highest BCUT2D eigenvalue weighted by molar-refractivity contribution is 8.00. The zero-order chi connectivity index (χ0) is 9.97. The van der Waals surface area contributed by atoms with Crippen LogP contribution in [0.2, 0.25) is 0 Å². The minimum atomic E-state index is 0.728. The Morgan fingerprint density at radius 2 is 2.21 bits per heavy atom. The fourth-order valence-electron chi connectivity index (χ4n) is 1.87. The molecule has 0 saturated carbocycles. The molecule has 1 aromatic rings. The normalized spacial score (nSPS) is 21.1. The van der Waals surface area contributed by atoms with Crippen LogP contribution in [0, 0.1) is 6.92 Å². The molecule has 0 spiro atoms. The van der Waals surface area contributed by atoms with Crippen LogP contribution in [-0.4, -0.2) is 11.0 Å². The first-order valence-electron chi connectivity index (χ1n) is 5.14. The van der Waals surface area contributed by atoms with E-state index in [9.17, 15) is 0 Å². The smallest absolute Gasteiger partial charge is 0.0119 e. The van der Waals surface area contributed by atoms with Crippen LogP contribution in [0.5, 0.6) is 0 Å². The predicted molar refractivity (Wildman–Crippen MR) is 65.8 cm³/mol. The fraction of sp³-hybridized carbons (Fsp3) is 0.385. The van der Waals surface area contributed by atoms with Gasteiger partial charge in [-0.1, -0.05) is 37.3 Å². The summed E-state index contributed by atoms with van der Waals surface area (Å²) in [6.45, 7) is 4.55. The summed E-state index contributed by atoms with van der Waals surface area (Å²) in [5, 5.41) is 0.728. The van der Waals surface area contributed by atoms with Gasteiger partial charge in [0, 0.05) is 11.0 Å². The summed E-state index contributed by atoms with van der Waals surface area (Å²) in [5.74, 6) is 1.14. The average molecular weight is 204 g/mol. The Hall–Kier alpha value is -0.690. The zero-order valence-corrected chi connectivity index (χ0v) is 9.60. The van der Waals surface area contributed by atoms with E-state index < -0.39 is 0 Å². The fourth-order valence-corrected chi connectivity index (χ4v) is 2.70. The first-order valence-corrected chi connectivity index (χ1v) is 6.19. The molecule has 2 bridgehead atoms. The molecule has 1 heteroatoms. The largest absolute Gasteiger partial charge is 0.154 e. The molecular weight excluding hydrogens is 188 g/mol. The monoisotopic (exact) mass is 204 g/mol. The summed E-state index contributed by atoms with van der Waals surface area (Å²) < 4.78 is 0. The molecular formula is C13H16S. The van der Waals surface area contributed by atoms with E-state index in [1.165, 1.54) is 23.1 Å². The molecule has 0 aliphatic carbocycles. The summed E-state index contributed by atoms with van der Waals surface area (Å²) in [4.78, 5) is 0. The van der Waals surface area contributed by atoms with Crippen LogP contribution in [0.1, 0.15) is 23.6 Å². The van der Waals surface area contributed by atoms with Crippen LogP contribution in [0.25, 0.3) is 6.08 Å². The van der Waals surface area contributed by atoms with Crippen molar-refractivity contribution in [1.29, 1.82) is 0 Å². The summed E-state index contributed by atoms with van der Waals surface area (Å²) in [6.07, 6.45) is 5.73. The van der Waals surface area contributed by atoms with Gasteiger partial charge in [0.05, 0.1) is 0 Å². The van der Waals surface area contributed by atoms with Gasteiger partial charge in [-0.3, -0.25) is 0 Å². The molecule has 2 rings (SSSR count). The summed E-state index contributed by atoms with van der Waals surface area (Å²) in [6, 6.07) is 6.63. The predicted octanol–water partition coefficient (Wildman–Crippen LogP) is 3.69. The number of thioether (sulfide) groups is 1. The Morgan fingerprint density at radius 1 is 1.36 bits per heavy atom. The molecule has 1 aliphatic heterocycles. The van der Waals surface area contributed by atoms with E-state index in [2.05, 4.69) is 44.2 Å². The van der Waals surface area contributed by atoms with Crippen molar-refractivity contribution in [2.75, 3.05) is 5.75 Å². The third-order valence-corrected chi connectivity index (χ3v) is 3.89. The van der Waals surface area contributed by atoms with Crippen molar-refractivity contribution in [3.63, 3.8) is 0 Å². The lowest BCUT2D eigenvalue weighted by Crippen LogP contribution is -2.03. The topological polar surface area (TPSA) is 0 Å². The molecule has 0 saturated heterocycles. The summed E-state index contributed by atoms with van der Waals surface area (Å²) >= 11 is 2.03. The van der Waals surface area contributed by atoms with E-state index in [0.717, 1.165) is 11.0 Å². The Balaban J connectivity index is 2.44. The third-order valence-electron chi connectivity index (χ3n) is 2.77. The van der Waals surface area contributed by atoms with E-state index in [0.29, 0.717) is 0 Å². The molecule has 1 unspecified atom stereocenters. The highest BCUT2D eigenvalue weighted by atomic mass is 32.2. The second kappa shape index (κ2) is 4.22.